The molecule has 3 amide bonds. The van der Waals surface area contributed by atoms with Gasteiger partial charge in [0.25, 0.3) is 6.29 Å². The van der Waals surface area contributed by atoms with E-state index in [0.717, 1.165) is 42.6 Å². The minimum Gasteiger partial charge on any atom is -0.455 e. The molecule has 0 unspecified atom stereocenters. The number of rotatable bonds is 12. The van der Waals surface area contributed by atoms with Gasteiger partial charge in [0, 0.05) is 62.9 Å². The SMILES string of the molecule is CN(CCCC(=O)Nc1ccc(C2OC=CO2)cc1)C(=O)CCN1CCC(OC(=O)Nc2ccccc2-c2ccccc2)CC1. The summed E-state index contributed by atoms with van der Waals surface area (Å²) in [4.78, 5) is 41.7. The van der Waals surface area contributed by atoms with Gasteiger partial charge in [0.05, 0.1) is 5.69 Å². The van der Waals surface area contributed by atoms with Gasteiger partial charge < -0.3 is 29.3 Å². The average molecular weight is 613 g/mol. The third kappa shape index (κ3) is 9.33. The lowest BCUT2D eigenvalue weighted by Crippen LogP contribution is -2.40. The fourth-order valence-corrected chi connectivity index (χ4v) is 5.39. The molecule has 2 aliphatic rings. The normalized spacial score (nSPS) is 15.1. The summed E-state index contributed by atoms with van der Waals surface area (Å²) < 4.78 is 16.3. The number of hydrogen-bond acceptors (Lipinski definition) is 7. The molecule has 0 saturated carbocycles. The Morgan fingerprint density at radius 2 is 1.56 bits per heavy atom. The second-order valence-electron chi connectivity index (χ2n) is 11.2. The minimum absolute atomic E-state index is 0.0478. The molecule has 236 valence electrons. The maximum atomic E-state index is 12.7. The molecule has 45 heavy (non-hydrogen) atoms. The van der Waals surface area contributed by atoms with Gasteiger partial charge in [-0.05, 0) is 55.2 Å². The highest BCUT2D eigenvalue weighted by atomic mass is 16.7. The third-order valence-corrected chi connectivity index (χ3v) is 7.95. The third-order valence-electron chi connectivity index (χ3n) is 7.95. The Morgan fingerprint density at radius 1 is 0.867 bits per heavy atom. The second kappa shape index (κ2) is 15.8. The number of nitrogens with one attached hydrogen (secondary N) is 2. The summed E-state index contributed by atoms with van der Waals surface area (Å²) in [6.45, 7) is 2.67. The van der Waals surface area contributed by atoms with Crippen LogP contribution in [0.5, 0.6) is 0 Å². The molecular weight excluding hydrogens is 572 g/mol. The topological polar surface area (TPSA) is 109 Å². The summed E-state index contributed by atoms with van der Waals surface area (Å²) in [6.07, 6.45) is 4.65. The van der Waals surface area contributed by atoms with Gasteiger partial charge in [0.1, 0.15) is 18.6 Å². The van der Waals surface area contributed by atoms with Crippen LogP contribution in [0.3, 0.4) is 0 Å². The predicted octanol–water partition coefficient (Wildman–Crippen LogP) is 6.15. The van der Waals surface area contributed by atoms with Crippen molar-refractivity contribution in [2.75, 3.05) is 43.9 Å². The summed E-state index contributed by atoms with van der Waals surface area (Å²) in [7, 11) is 1.77. The number of amides is 3. The van der Waals surface area contributed by atoms with E-state index in [1.807, 2.05) is 78.9 Å². The first kappa shape index (κ1) is 31.6. The van der Waals surface area contributed by atoms with E-state index in [2.05, 4.69) is 15.5 Å². The largest absolute Gasteiger partial charge is 0.455 e. The molecule has 2 heterocycles. The van der Waals surface area contributed by atoms with Crippen LogP contribution in [-0.2, 0) is 23.8 Å². The van der Waals surface area contributed by atoms with Gasteiger partial charge >= 0.3 is 6.09 Å². The van der Waals surface area contributed by atoms with Crippen molar-refractivity contribution < 1.29 is 28.6 Å². The van der Waals surface area contributed by atoms with Crippen molar-refractivity contribution in [1.82, 2.24) is 9.80 Å². The summed E-state index contributed by atoms with van der Waals surface area (Å²) >= 11 is 0. The molecule has 2 aliphatic heterocycles. The lowest BCUT2D eigenvalue weighted by molar-refractivity contribution is -0.130. The molecule has 10 heteroatoms. The number of likely N-dealkylation sites (tertiary alicyclic amines) is 1. The first-order valence-corrected chi connectivity index (χ1v) is 15.4. The fraction of sp³-hybridized carbons (Fsp3) is 0.343. The van der Waals surface area contributed by atoms with Gasteiger partial charge in [-0.1, -0.05) is 48.5 Å². The molecule has 5 rings (SSSR count). The molecule has 1 saturated heterocycles. The molecule has 0 bridgehead atoms. The maximum Gasteiger partial charge on any atom is 0.411 e. The number of piperidine rings is 1. The van der Waals surface area contributed by atoms with Crippen LogP contribution < -0.4 is 10.6 Å². The second-order valence-corrected chi connectivity index (χ2v) is 11.2. The van der Waals surface area contributed by atoms with Crippen LogP contribution in [0.2, 0.25) is 0 Å². The molecule has 3 aromatic rings. The Morgan fingerprint density at radius 3 is 2.29 bits per heavy atom. The Hall–Kier alpha value is -4.83. The van der Waals surface area contributed by atoms with Crippen LogP contribution in [0.1, 0.15) is 44.0 Å². The summed E-state index contributed by atoms with van der Waals surface area (Å²) in [5, 5.41) is 5.79. The standard InChI is InChI=1S/C35H40N4O6/c1-38(20-7-12-32(40)36-28-15-13-27(14-16-28)34-43-24-25-44-34)33(41)19-23-39-21-17-29(18-22-39)45-35(42)37-31-11-6-5-10-30(31)26-8-3-2-4-9-26/h2-6,8-11,13-16,24-25,29,34H,7,12,17-23H2,1H3,(H,36,40)(H,37,42). The molecule has 10 nitrogen and oxygen atoms in total. The zero-order valence-electron chi connectivity index (χ0n) is 25.5. The Balaban J connectivity index is 0.948. The van der Waals surface area contributed by atoms with E-state index >= 15 is 0 Å². The van der Waals surface area contributed by atoms with Crippen LogP contribution in [0.15, 0.2) is 91.4 Å². The fourth-order valence-electron chi connectivity index (χ4n) is 5.39. The van der Waals surface area contributed by atoms with Gasteiger partial charge in [-0.25, -0.2) is 4.79 Å². The zero-order chi connectivity index (χ0) is 31.4. The lowest BCUT2D eigenvalue weighted by atomic mass is 10.0. The molecule has 2 N–H and O–H groups in total. The summed E-state index contributed by atoms with van der Waals surface area (Å²) in [6, 6.07) is 24.9. The highest BCUT2D eigenvalue weighted by molar-refractivity contribution is 5.92. The van der Waals surface area contributed by atoms with E-state index in [0.29, 0.717) is 43.7 Å². The van der Waals surface area contributed by atoms with Crippen LogP contribution in [-0.4, -0.2) is 67.0 Å². The number of benzene rings is 3. The molecule has 0 radical (unpaired) electrons. The van der Waals surface area contributed by atoms with Crippen molar-refractivity contribution in [3.8, 4) is 11.1 Å². The van der Waals surface area contributed by atoms with Gasteiger partial charge in [-0.3, -0.25) is 14.9 Å². The summed E-state index contributed by atoms with van der Waals surface area (Å²) in [5.74, 6) is -0.0514. The Kier molecular flexibility index (Phi) is 11.1. The van der Waals surface area contributed by atoms with Crippen molar-refractivity contribution >= 4 is 29.3 Å². The lowest BCUT2D eigenvalue weighted by Gasteiger charge is -2.31. The van der Waals surface area contributed by atoms with E-state index in [4.69, 9.17) is 14.2 Å². The quantitative estimate of drug-likeness (QED) is 0.253. The molecule has 3 aromatic carbocycles. The Bertz CT molecular complexity index is 1450. The number of nitrogens with zero attached hydrogens (tertiary/aromatic N) is 2. The average Bonchev–Trinajstić information content (AvgIpc) is 3.60. The number of anilines is 2. The number of para-hydroxylation sites is 1. The van der Waals surface area contributed by atoms with E-state index in [-0.39, 0.29) is 17.9 Å². The van der Waals surface area contributed by atoms with Crippen LogP contribution in [0, 0.1) is 0 Å². The molecular formula is C35H40N4O6. The Labute approximate surface area is 263 Å². The molecule has 0 aromatic heterocycles. The number of ether oxygens (including phenoxy) is 3. The van der Waals surface area contributed by atoms with Gasteiger partial charge in [-0.2, -0.15) is 0 Å². The van der Waals surface area contributed by atoms with Gasteiger partial charge in [-0.15, -0.1) is 0 Å². The number of carbonyl (C=O) groups excluding carboxylic acids is 3. The first-order chi connectivity index (χ1) is 21.9. The highest BCUT2D eigenvalue weighted by Gasteiger charge is 2.23. The smallest absolute Gasteiger partial charge is 0.411 e. The van der Waals surface area contributed by atoms with E-state index in [9.17, 15) is 14.4 Å². The van der Waals surface area contributed by atoms with E-state index in [1.165, 1.54) is 12.5 Å². The van der Waals surface area contributed by atoms with E-state index < -0.39 is 12.4 Å². The van der Waals surface area contributed by atoms with Crippen LogP contribution in [0.4, 0.5) is 16.2 Å². The monoisotopic (exact) mass is 612 g/mol. The van der Waals surface area contributed by atoms with Crippen molar-refractivity contribution in [1.29, 1.82) is 0 Å². The first-order valence-electron chi connectivity index (χ1n) is 15.4. The van der Waals surface area contributed by atoms with Crippen molar-refractivity contribution in [3.63, 3.8) is 0 Å². The highest BCUT2D eigenvalue weighted by Crippen LogP contribution is 2.28. The van der Waals surface area contributed by atoms with Gasteiger partial charge in [0.2, 0.25) is 11.8 Å². The molecule has 0 aliphatic carbocycles. The number of hydrogen-bond donors (Lipinski definition) is 2. The number of carbonyl (C=O) groups is 3. The predicted molar refractivity (Wildman–Crippen MR) is 172 cm³/mol. The summed E-state index contributed by atoms with van der Waals surface area (Å²) in [5.41, 5.74) is 4.23. The van der Waals surface area contributed by atoms with Crippen molar-refractivity contribution in [2.24, 2.45) is 0 Å². The van der Waals surface area contributed by atoms with Crippen LogP contribution in [0.25, 0.3) is 11.1 Å². The van der Waals surface area contributed by atoms with Crippen LogP contribution >= 0.6 is 0 Å². The zero-order valence-corrected chi connectivity index (χ0v) is 25.5. The van der Waals surface area contributed by atoms with Crippen molar-refractivity contribution in [2.45, 2.75) is 44.5 Å². The van der Waals surface area contributed by atoms with Crippen molar-refractivity contribution in [3.05, 3.63) is 97.0 Å². The molecule has 0 atom stereocenters. The minimum atomic E-state index is -0.456. The molecule has 0 spiro atoms. The maximum absolute atomic E-state index is 12.7. The van der Waals surface area contributed by atoms with E-state index in [1.54, 1.807) is 11.9 Å². The van der Waals surface area contributed by atoms with Gasteiger partial charge in [0.15, 0.2) is 0 Å². The molecule has 1 fully saturated rings.